The molecule has 0 radical (unpaired) electrons. The topological polar surface area (TPSA) is 37.3 Å². The Morgan fingerprint density at radius 1 is 0.969 bits per heavy atom. The highest BCUT2D eigenvalue weighted by Gasteiger charge is 2.82. The van der Waals surface area contributed by atoms with Gasteiger partial charge in [0.15, 0.2) is 0 Å². The molecule has 8 unspecified atom stereocenters. The van der Waals surface area contributed by atoms with Gasteiger partial charge in [-0.1, -0.05) is 53.7 Å². The highest BCUT2D eigenvalue weighted by atomic mass is 16.3. The third kappa shape index (κ3) is 2.65. The Kier molecular flexibility index (Phi) is 5.03. The van der Waals surface area contributed by atoms with Crippen molar-refractivity contribution >= 4 is 5.78 Å². The summed E-state index contributed by atoms with van der Waals surface area (Å²) in [5.41, 5.74) is 3.03. The molecular weight excluding hydrogens is 392 g/mol. The molecule has 5 aliphatic rings. The van der Waals surface area contributed by atoms with Gasteiger partial charge in [-0.05, 0) is 110 Å². The zero-order chi connectivity index (χ0) is 23.3. The molecule has 0 bridgehead atoms. The normalized spacial score (nSPS) is 49.6. The minimum absolute atomic E-state index is 0.113. The second-order valence-corrected chi connectivity index (χ2v) is 14.3. The van der Waals surface area contributed by atoms with E-state index < -0.39 is 0 Å². The van der Waals surface area contributed by atoms with Gasteiger partial charge < -0.3 is 5.11 Å². The molecule has 2 heteroatoms. The van der Waals surface area contributed by atoms with E-state index in [1.54, 1.807) is 0 Å². The molecule has 0 aliphatic heterocycles. The summed E-state index contributed by atoms with van der Waals surface area (Å²) in [6.07, 6.45) is 13.0. The number of carbonyl (C=O) groups excluding carboxylic acids is 1. The van der Waals surface area contributed by atoms with Crippen molar-refractivity contribution in [1.82, 2.24) is 0 Å². The summed E-state index contributed by atoms with van der Waals surface area (Å²) in [4.78, 5) is 12.8. The van der Waals surface area contributed by atoms with E-state index in [-0.39, 0.29) is 11.5 Å². The van der Waals surface area contributed by atoms with Crippen molar-refractivity contribution in [2.45, 2.75) is 118 Å². The smallest absolute Gasteiger partial charge is 0.138 e. The van der Waals surface area contributed by atoms with Crippen LogP contribution in [0.4, 0.5) is 0 Å². The molecule has 1 N–H and O–H groups in total. The first kappa shape index (κ1) is 23.1. The summed E-state index contributed by atoms with van der Waals surface area (Å²) in [5, 5.41) is 10.4. The molecule has 5 rings (SSSR count). The van der Waals surface area contributed by atoms with Crippen LogP contribution in [0.2, 0.25) is 0 Å². The van der Waals surface area contributed by atoms with E-state index in [4.69, 9.17) is 0 Å². The third-order valence-electron chi connectivity index (χ3n) is 12.9. The van der Waals surface area contributed by atoms with E-state index >= 15 is 0 Å². The summed E-state index contributed by atoms with van der Waals surface area (Å²) in [6.45, 7) is 18.6. The van der Waals surface area contributed by atoms with Crippen LogP contribution in [0.25, 0.3) is 0 Å². The standard InChI is InChI=1S/C30H48O2/c1-19(2)22(31)9-8-20(3)21-12-14-28(7)24-11-10-23-26(4,5)25(32)13-15-29(23)18-30(24,29)17-16-27(21,28)6/h19,21-24,31H,3,8-18H2,1-2,4-7H3. The van der Waals surface area contributed by atoms with Crippen molar-refractivity contribution < 1.29 is 9.90 Å². The number of aliphatic hydroxyl groups is 1. The second kappa shape index (κ2) is 6.96. The number of hydrogen-bond acceptors (Lipinski definition) is 2. The molecule has 5 fully saturated rings. The van der Waals surface area contributed by atoms with Crippen LogP contribution in [-0.4, -0.2) is 17.0 Å². The van der Waals surface area contributed by atoms with Crippen LogP contribution in [0.3, 0.4) is 0 Å². The van der Waals surface area contributed by atoms with E-state index in [9.17, 15) is 9.90 Å². The lowest BCUT2D eigenvalue weighted by Gasteiger charge is -2.62. The van der Waals surface area contributed by atoms with Crippen molar-refractivity contribution in [2.75, 3.05) is 0 Å². The molecule has 5 aliphatic carbocycles. The van der Waals surface area contributed by atoms with Crippen molar-refractivity contribution in [3.63, 3.8) is 0 Å². The lowest BCUT2D eigenvalue weighted by atomic mass is 9.42. The Labute approximate surface area is 197 Å². The van der Waals surface area contributed by atoms with Gasteiger partial charge in [-0.2, -0.15) is 0 Å². The zero-order valence-electron chi connectivity index (χ0n) is 21.7. The van der Waals surface area contributed by atoms with Crippen LogP contribution in [0, 0.1) is 50.7 Å². The van der Waals surface area contributed by atoms with Gasteiger partial charge in [0.05, 0.1) is 6.10 Å². The van der Waals surface area contributed by atoms with E-state index in [1.165, 1.54) is 56.9 Å². The molecule has 8 atom stereocenters. The fourth-order valence-corrected chi connectivity index (χ4v) is 10.7. The monoisotopic (exact) mass is 440 g/mol. The first-order valence-electron chi connectivity index (χ1n) is 13.7. The molecule has 0 aromatic rings. The summed E-state index contributed by atoms with van der Waals surface area (Å²) >= 11 is 0. The SMILES string of the molecule is C=C(CCC(O)C(C)C)C1CCC2(C)C3CCC4C(C)(C)C(=O)CCC45CC35CCC12C. The lowest BCUT2D eigenvalue weighted by molar-refractivity contribution is -0.154. The molecule has 2 spiro atoms. The quantitative estimate of drug-likeness (QED) is 0.454. The van der Waals surface area contributed by atoms with Crippen LogP contribution in [0.1, 0.15) is 112 Å². The largest absolute Gasteiger partial charge is 0.393 e. The Morgan fingerprint density at radius 3 is 2.31 bits per heavy atom. The van der Waals surface area contributed by atoms with Gasteiger partial charge in [0.2, 0.25) is 0 Å². The van der Waals surface area contributed by atoms with Crippen LogP contribution < -0.4 is 0 Å². The fraction of sp³-hybridized carbons (Fsp3) is 0.900. The Bertz CT molecular complexity index is 825. The molecular formula is C30H48O2. The minimum Gasteiger partial charge on any atom is -0.393 e. The van der Waals surface area contributed by atoms with Crippen molar-refractivity contribution in [3.05, 3.63) is 12.2 Å². The fourth-order valence-electron chi connectivity index (χ4n) is 10.7. The zero-order valence-corrected chi connectivity index (χ0v) is 21.7. The first-order chi connectivity index (χ1) is 14.9. The number of carbonyl (C=O) groups is 1. The number of allylic oxidation sites excluding steroid dienone is 1. The van der Waals surface area contributed by atoms with Crippen LogP contribution in [-0.2, 0) is 4.79 Å². The van der Waals surface area contributed by atoms with Gasteiger partial charge in [0.25, 0.3) is 0 Å². The molecule has 0 amide bonds. The molecule has 2 nitrogen and oxygen atoms in total. The third-order valence-corrected chi connectivity index (χ3v) is 12.9. The maximum Gasteiger partial charge on any atom is 0.138 e. The van der Waals surface area contributed by atoms with Gasteiger partial charge in [-0.25, -0.2) is 0 Å². The summed E-state index contributed by atoms with van der Waals surface area (Å²) in [6, 6.07) is 0. The van der Waals surface area contributed by atoms with Crippen LogP contribution >= 0.6 is 0 Å². The molecule has 0 heterocycles. The highest BCUT2D eigenvalue weighted by molar-refractivity contribution is 5.86. The predicted molar refractivity (Wildman–Crippen MR) is 131 cm³/mol. The summed E-state index contributed by atoms with van der Waals surface area (Å²) in [5.74, 6) is 2.91. The first-order valence-corrected chi connectivity index (χ1v) is 13.7. The number of rotatable bonds is 5. The Balaban J connectivity index is 1.39. The van der Waals surface area contributed by atoms with Crippen molar-refractivity contribution in [3.8, 4) is 0 Å². The van der Waals surface area contributed by atoms with Crippen molar-refractivity contribution in [2.24, 2.45) is 50.7 Å². The molecule has 5 saturated carbocycles. The summed E-state index contributed by atoms with van der Waals surface area (Å²) < 4.78 is 0. The Morgan fingerprint density at radius 2 is 1.62 bits per heavy atom. The summed E-state index contributed by atoms with van der Waals surface area (Å²) in [7, 11) is 0. The average Bonchev–Trinajstić information content (AvgIpc) is 3.31. The molecule has 0 aromatic heterocycles. The lowest BCUT2D eigenvalue weighted by Crippen LogP contribution is -2.56. The maximum absolute atomic E-state index is 12.8. The van der Waals surface area contributed by atoms with E-state index in [2.05, 4.69) is 48.1 Å². The second-order valence-electron chi connectivity index (χ2n) is 14.3. The minimum atomic E-state index is -0.207. The van der Waals surface area contributed by atoms with E-state index in [1.807, 2.05) is 0 Å². The predicted octanol–water partition coefficient (Wildman–Crippen LogP) is 7.35. The number of hydrogen-bond donors (Lipinski definition) is 1. The molecule has 32 heavy (non-hydrogen) atoms. The van der Waals surface area contributed by atoms with Gasteiger partial charge in [-0.15, -0.1) is 0 Å². The van der Waals surface area contributed by atoms with Crippen LogP contribution in [0.15, 0.2) is 12.2 Å². The molecule has 0 saturated heterocycles. The number of aliphatic hydroxyl groups excluding tert-OH is 1. The maximum atomic E-state index is 12.8. The van der Waals surface area contributed by atoms with Gasteiger partial charge in [-0.3, -0.25) is 4.79 Å². The van der Waals surface area contributed by atoms with Gasteiger partial charge in [0, 0.05) is 11.8 Å². The molecule has 180 valence electrons. The number of fused-ring (bicyclic) bond motifs is 2. The van der Waals surface area contributed by atoms with Crippen LogP contribution in [0.5, 0.6) is 0 Å². The highest BCUT2D eigenvalue weighted by Crippen LogP contribution is 2.88. The molecule has 0 aromatic carbocycles. The van der Waals surface area contributed by atoms with Gasteiger partial charge in [0.1, 0.15) is 5.78 Å². The van der Waals surface area contributed by atoms with E-state index in [0.717, 1.165) is 25.2 Å². The average molecular weight is 441 g/mol. The van der Waals surface area contributed by atoms with Crippen molar-refractivity contribution in [1.29, 1.82) is 0 Å². The number of ketones is 1. The van der Waals surface area contributed by atoms with E-state index in [0.29, 0.717) is 45.2 Å². The van der Waals surface area contributed by atoms with Gasteiger partial charge >= 0.3 is 0 Å². The Hall–Kier alpha value is -0.630. The number of Topliss-reactive ketones (excluding diaryl/α,β-unsaturated/α-hetero) is 1.